The van der Waals surface area contributed by atoms with Crippen LogP contribution in [0.5, 0.6) is 0 Å². The van der Waals surface area contributed by atoms with Crippen LogP contribution >= 0.6 is 0 Å². The molecule has 0 spiro atoms. The fourth-order valence-electron chi connectivity index (χ4n) is 5.56. The van der Waals surface area contributed by atoms with E-state index < -0.39 is 35.5 Å². The Kier molecular flexibility index (Phi) is 5.35. The van der Waals surface area contributed by atoms with E-state index in [1.54, 1.807) is 0 Å². The SMILES string of the molecule is CC1CN(c2cc3c(cc2F)C(=O)N([C@@H]2CCC(=O)NC2=O)C3=O)CC(C)N1C(C)(C)C. The number of nitrogens with one attached hydrogen (secondary N) is 1. The first-order chi connectivity index (χ1) is 14.9. The molecule has 4 rings (SSSR count). The van der Waals surface area contributed by atoms with Crippen LogP contribution in [0.15, 0.2) is 12.1 Å². The van der Waals surface area contributed by atoms with Crippen molar-refractivity contribution in [1.82, 2.24) is 15.1 Å². The van der Waals surface area contributed by atoms with Crippen LogP contribution in [-0.4, -0.2) is 70.2 Å². The second kappa shape index (κ2) is 7.65. The summed E-state index contributed by atoms with van der Waals surface area (Å²) in [5, 5.41) is 2.16. The lowest BCUT2D eigenvalue weighted by atomic mass is 9.96. The van der Waals surface area contributed by atoms with Crippen LogP contribution in [0.1, 0.15) is 68.2 Å². The first-order valence-corrected chi connectivity index (χ1v) is 11.0. The molecular formula is C23H29FN4O4. The van der Waals surface area contributed by atoms with Gasteiger partial charge in [0.15, 0.2) is 0 Å². The molecule has 1 N–H and O–H groups in total. The lowest BCUT2D eigenvalue weighted by Crippen LogP contribution is -2.62. The van der Waals surface area contributed by atoms with Crippen LogP contribution in [0.4, 0.5) is 10.1 Å². The molecule has 3 aliphatic rings. The van der Waals surface area contributed by atoms with Gasteiger partial charge in [0.25, 0.3) is 11.8 Å². The maximum absolute atomic E-state index is 15.2. The molecule has 9 heteroatoms. The van der Waals surface area contributed by atoms with Crippen LogP contribution < -0.4 is 10.2 Å². The summed E-state index contributed by atoms with van der Waals surface area (Å²) in [6, 6.07) is 1.78. The summed E-state index contributed by atoms with van der Waals surface area (Å²) in [4.78, 5) is 54.8. The number of carbonyl (C=O) groups excluding carboxylic acids is 4. The van der Waals surface area contributed by atoms with Gasteiger partial charge in [-0.15, -0.1) is 0 Å². The number of imide groups is 2. The molecule has 3 atom stereocenters. The minimum absolute atomic E-state index is 0.0355. The fraction of sp³-hybridized carbons (Fsp3) is 0.565. The number of carbonyl (C=O) groups is 4. The van der Waals surface area contributed by atoms with Gasteiger partial charge in [0.2, 0.25) is 11.8 Å². The summed E-state index contributed by atoms with van der Waals surface area (Å²) >= 11 is 0. The number of halogens is 1. The van der Waals surface area contributed by atoms with E-state index in [1.807, 2.05) is 4.90 Å². The topological polar surface area (TPSA) is 90.0 Å². The smallest absolute Gasteiger partial charge is 0.262 e. The Hall–Kier alpha value is -2.81. The Bertz CT molecular complexity index is 1010. The number of anilines is 1. The number of amides is 4. The van der Waals surface area contributed by atoms with E-state index in [9.17, 15) is 19.2 Å². The van der Waals surface area contributed by atoms with Crippen molar-refractivity contribution in [3.63, 3.8) is 0 Å². The van der Waals surface area contributed by atoms with Gasteiger partial charge in [-0.3, -0.25) is 34.3 Å². The van der Waals surface area contributed by atoms with E-state index >= 15 is 4.39 Å². The number of piperidine rings is 1. The lowest BCUT2D eigenvalue weighted by Gasteiger charge is -2.51. The molecule has 2 fully saturated rings. The number of fused-ring (bicyclic) bond motifs is 1. The average Bonchev–Trinajstić information content (AvgIpc) is 2.90. The molecular weight excluding hydrogens is 415 g/mol. The third kappa shape index (κ3) is 3.58. The molecule has 0 aliphatic carbocycles. The monoisotopic (exact) mass is 444 g/mol. The maximum Gasteiger partial charge on any atom is 0.262 e. The second-order valence-electron chi connectivity index (χ2n) is 9.98. The van der Waals surface area contributed by atoms with Crippen LogP contribution in [0.3, 0.4) is 0 Å². The zero-order valence-corrected chi connectivity index (χ0v) is 19.1. The van der Waals surface area contributed by atoms with Gasteiger partial charge in [-0.05, 0) is 53.2 Å². The number of hydrogen-bond acceptors (Lipinski definition) is 6. The molecule has 2 unspecified atom stereocenters. The predicted molar refractivity (Wildman–Crippen MR) is 116 cm³/mol. The molecule has 0 bridgehead atoms. The van der Waals surface area contributed by atoms with Crippen molar-refractivity contribution in [2.45, 2.75) is 71.1 Å². The van der Waals surface area contributed by atoms with Crippen LogP contribution in [-0.2, 0) is 9.59 Å². The number of hydrogen-bond donors (Lipinski definition) is 1. The molecule has 0 saturated carbocycles. The van der Waals surface area contributed by atoms with E-state index in [0.717, 1.165) is 11.0 Å². The van der Waals surface area contributed by atoms with Crippen molar-refractivity contribution in [3.05, 3.63) is 29.1 Å². The number of nitrogens with zero attached hydrogens (tertiary/aromatic N) is 3. The summed E-state index contributed by atoms with van der Waals surface area (Å²) in [6.45, 7) is 11.8. The number of rotatable bonds is 2. The highest BCUT2D eigenvalue weighted by atomic mass is 19.1. The Morgan fingerprint density at radius 1 is 0.969 bits per heavy atom. The van der Waals surface area contributed by atoms with E-state index in [1.165, 1.54) is 6.07 Å². The summed E-state index contributed by atoms with van der Waals surface area (Å²) in [6.07, 6.45) is 0.104. The molecule has 1 aromatic rings. The lowest BCUT2D eigenvalue weighted by molar-refractivity contribution is -0.136. The molecule has 172 valence electrons. The Balaban J connectivity index is 1.63. The summed E-state index contributed by atoms with van der Waals surface area (Å²) in [5.41, 5.74) is 0.291. The van der Waals surface area contributed by atoms with Crippen molar-refractivity contribution in [2.75, 3.05) is 18.0 Å². The van der Waals surface area contributed by atoms with Crippen molar-refractivity contribution < 1.29 is 23.6 Å². The molecule has 1 aromatic carbocycles. The first kappa shape index (κ1) is 22.4. The van der Waals surface area contributed by atoms with Crippen LogP contribution in [0.2, 0.25) is 0 Å². The van der Waals surface area contributed by atoms with Gasteiger partial charge in [-0.1, -0.05) is 0 Å². The minimum Gasteiger partial charge on any atom is -0.366 e. The second-order valence-corrected chi connectivity index (χ2v) is 9.98. The van der Waals surface area contributed by atoms with Crippen molar-refractivity contribution in [3.8, 4) is 0 Å². The highest BCUT2D eigenvalue weighted by Gasteiger charge is 2.46. The highest BCUT2D eigenvalue weighted by Crippen LogP contribution is 2.35. The minimum atomic E-state index is -1.07. The van der Waals surface area contributed by atoms with Crippen molar-refractivity contribution >= 4 is 29.3 Å². The third-order valence-electron chi connectivity index (χ3n) is 6.54. The summed E-state index contributed by atoms with van der Waals surface area (Å²) in [7, 11) is 0. The number of piperazine rings is 1. The van der Waals surface area contributed by atoms with Gasteiger partial charge in [0, 0.05) is 37.1 Å². The first-order valence-electron chi connectivity index (χ1n) is 11.0. The van der Waals surface area contributed by atoms with E-state index in [2.05, 4.69) is 44.8 Å². The van der Waals surface area contributed by atoms with E-state index in [4.69, 9.17) is 0 Å². The third-order valence-corrected chi connectivity index (χ3v) is 6.54. The zero-order valence-electron chi connectivity index (χ0n) is 19.1. The zero-order chi connectivity index (χ0) is 23.5. The van der Waals surface area contributed by atoms with Crippen LogP contribution in [0.25, 0.3) is 0 Å². The molecule has 3 aliphatic heterocycles. The summed E-state index contributed by atoms with van der Waals surface area (Å²) in [5.74, 6) is -3.02. The largest absolute Gasteiger partial charge is 0.366 e. The fourth-order valence-corrected chi connectivity index (χ4v) is 5.56. The predicted octanol–water partition coefficient (Wildman–Crippen LogP) is 1.92. The molecule has 3 heterocycles. The van der Waals surface area contributed by atoms with Gasteiger partial charge < -0.3 is 4.90 Å². The Labute approximate surface area is 186 Å². The Morgan fingerprint density at radius 3 is 2.06 bits per heavy atom. The molecule has 8 nitrogen and oxygen atoms in total. The molecule has 0 radical (unpaired) electrons. The normalized spacial score (nSPS) is 27.1. The van der Waals surface area contributed by atoms with Gasteiger partial charge in [0.1, 0.15) is 11.9 Å². The van der Waals surface area contributed by atoms with Crippen molar-refractivity contribution in [2.24, 2.45) is 0 Å². The van der Waals surface area contributed by atoms with Gasteiger partial charge in [-0.2, -0.15) is 0 Å². The molecule has 4 amide bonds. The van der Waals surface area contributed by atoms with Gasteiger partial charge >= 0.3 is 0 Å². The molecule has 32 heavy (non-hydrogen) atoms. The van der Waals surface area contributed by atoms with E-state index in [-0.39, 0.29) is 47.3 Å². The number of benzene rings is 1. The highest BCUT2D eigenvalue weighted by molar-refractivity contribution is 6.23. The summed E-state index contributed by atoms with van der Waals surface area (Å²) < 4.78 is 15.2. The van der Waals surface area contributed by atoms with Crippen molar-refractivity contribution in [1.29, 1.82) is 0 Å². The average molecular weight is 445 g/mol. The Morgan fingerprint density at radius 2 is 1.53 bits per heavy atom. The quantitative estimate of drug-likeness (QED) is 0.701. The van der Waals surface area contributed by atoms with Gasteiger partial charge in [0.05, 0.1) is 16.8 Å². The molecule has 2 saturated heterocycles. The van der Waals surface area contributed by atoms with Crippen LogP contribution in [0, 0.1) is 5.82 Å². The molecule has 0 aromatic heterocycles. The van der Waals surface area contributed by atoms with Gasteiger partial charge in [-0.25, -0.2) is 4.39 Å². The standard InChI is InChI=1S/C23H29FN4O4/c1-12-10-26(11-13(2)28(12)23(3,4)5)18-9-15-14(8-16(18)24)21(31)27(22(15)32)17-6-7-19(29)25-20(17)30/h8-9,12-13,17H,6-7,10-11H2,1-5H3,(H,25,29,30)/t12?,13?,17-/m1/s1. The maximum atomic E-state index is 15.2. The van der Waals surface area contributed by atoms with E-state index in [0.29, 0.717) is 13.1 Å².